The van der Waals surface area contributed by atoms with Gasteiger partial charge in [-0.25, -0.2) is 0 Å². The van der Waals surface area contributed by atoms with E-state index in [1.807, 2.05) is 24.3 Å². The monoisotopic (exact) mass is 453 g/mol. The Kier molecular flexibility index (Phi) is 5.59. The number of nitrogens with one attached hydrogen (secondary N) is 1. The molecule has 1 amide bonds. The Balaban J connectivity index is 1.57. The van der Waals surface area contributed by atoms with Gasteiger partial charge in [0, 0.05) is 36.8 Å². The van der Waals surface area contributed by atoms with Crippen LogP contribution in [0.1, 0.15) is 27.3 Å². The van der Waals surface area contributed by atoms with Crippen LogP contribution in [0.15, 0.2) is 64.6 Å². The number of rotatable bonds is 6. The van der Waals surface area contributed by atoms with Gasteiger partial charge in [-0.2, -0.15) is 0 Å². The molecule has 1 N–H and O–H groups in total. The minimum absolute atomic E-state index is 0.0571. The van der Waals surface area contributed by atoms with Crippen molar-refractivity contribution in [2.75, 3.05) is 6.54 Å². The molecule has 0 radical (unpaired) electrons. The van der Waals surface area contributed by atoms with E-state index in [1.54, 1.807) is 17.5 Å². The van der Waals surface area contributed by atoms with Gasteiger partial charge in [-0.15, -0.1) is 11.3 Å². The first-order chi connectivity index (χ1) is 13.6. The zero-order valence-corrected chi connectivity index (χ0v) is 17.9. The Morgan fingerprint density at radius 1 is 1.21 bits per heavy atom. The summed E-state index contributed by atoms with van der Waals surface area (Å²) in [5.74, 6) is -0.0571. The highest BCUT2D eigenvalue weighted by molar-refractivity contribution is 9.10. The van der Waals surface area contributed by atoms with Gasteiger partial charge in [-0.3, -0.25) is 9.78 Å². The predicted octanol–water partition coefficient (Wildman–Crippen LogP) is 5.19. The first kappa shape index (κ1) is 18.9. The number of carbonyl (C=O) groups excluding carboxylic acids is 1. The van der Waals surface area contributed by atoms with Crippen LogP contribution in [0.5, 0.6) is 0 Å². The summed E-state index contributed by atoms with van der Waals surface area (Å²) in [7, 11) is 0. The van der Waals surface area contributed by atoms with E-state index in [-0.39, 0.29) is 5.91 Å². The van der Waals surface area contributed by atoms with Gasteiger partial charge < -0.3 is 9.88 Å². The Morgan fingerprint density at radius 3 is 2.79 bits per heavy atom. The van der Waals surface area contributed by atoms with Crippen molar-refractivity contribution in [3.63, 3.8) is 0 Å². The zero-order valence-electron chi connectivity index (χ0n) is 15.5. The molecule has 0 atom stereocenters. The molecule has 4 nitrogen and oxygen atoms in total. The molecular formula is C22H20BrN3OS. The van der Waals surface area contributed by atoms with Crippen LogP contribution < -0.4 is 5.32 Å². The predicted molar refractivity (Wildman–Crippen MR) is 118 cm³/mol. The van der Waals surface area contributed by atoms with Crippen molar-refractivity contribution in [3.8, 4) is 0 Å². The molecule has 1 aromatic carbocycles. The molecule has 3 heterocycles. The molecule has 3 aromatic heterocycles. The smallest absolute Gasteiger partial charge is 0.267 e. The van der Waals surface area contributed by atoms with Crippen molar-refractivity contribution >= 4 is 43.4 Å². The Morgan fingerprint density at radius 2 is 2.04 bits per heavy atom. The molecule has 0 saturated carbocycles. The van der Waals surface area contributed by atoms with Crippen molar-refractivity contribution in [1.29, 1.82) is 0 Å². The molecule has 0 aliphatic heterocycles. The number of hydrogen-bond donors (Lipinski definition) is 1. The van der Waals surface area contributed by atoms with E-state index in [4.69, 9.17) is 0 Å². The number of halogens is 1. The molecule has 4 aromatic rings. The highest BCUT2D eigenvalue weighted by Crippen LogP contribution is 2.33. The molecule has 0 aliphatic rings. The molecule has 142 valence electrons. The van der Waals surface area contributed by atoms with E-state index in [2.05, 4.69) is 67.4 Å². The van der Waals surface area contributed by atoms with Crippen LogP contribution in [0.3, 0.4) is 0 Å². The molecular weight excluding hydrogens is 434 g/mol. The number of carbonyl (C=O) groups is 1. The summed E-state index contributed by atoms with van der Waals surface area (Å²) in [6, 6.07) is 16.2. The van der Waals surface area contributed by atoms with Crippen LogP contribution in [0.4, 0.5) is 0 Å². The summed E-state index contributed by atoms with van der Waals surface area (Å²) in [4.78, 5) is 17.2. The van der Waals surface area contributed by atoms with E-state index in [1.165, 1.54) is 11.1 Å². The average Bonchev–Trinajstić information content (AvgIpc) is 3.25. The standard InChI is InChI=1S/C22H20BrN3OS/c1-15-5-7-16(8-6-15)13-26-19(12-20-21(26)18(23)14-28-20)22(27)25-11-9-17-4-2-3-10-24-17/h2-8,10,12,14H,9,11,13H2,1H3,(H,25,27). The molecule has 0 fully saturated rings. The first-order valence-corrected chi connectivity index (χ1v) is 10.8. The number of pyridine rings is 1. The fourth-order valence-corrected chi connectivity index (χ4v) is 4.89. The molecule has 28 heavy (non-hydrogen) atoms. The molecule has 6 heteroatoms. The fourth-order valence-electron chi connectivity index (χ4n) is 3.20. The topological polar surface area (TPSA) is 46.9 Å². The summed E-state index contributed by atoms with van der Waals surface area (Å²) in [5.41, 5.74) is 5.13. The summed E-state index contributed by atoms with van der Waals surface area (Å²) >= 11 is 5.28. The third kappa shape index (κ3) is 4.03. The quantitative estimate of drug-likeness (QED) is 0.436. The maximum Gasteiger partial charge on any atom is 0.267 e. The summed E-state index contributed by atoms with van der Waals surface area (Å²) in [5, 5.41) is 5.11. The second-order valence-electron chi connectivity index (χ2n) is 6.72. The fraction of sp³-hybridized carbons (Fsp3) is 0.182. The summed E-state index contributed by atoms with van der Waals surface area (Å²) in [6.45, 7) is 3.29. The third-order valence-corrected chi connectivity index (χ3v) is 6.49. The van der Waals surface area contributed by atoms with E-state index in [0.717, 1.165) is 20.4 Å². The SMILES string of the molecule is Cc1ccc(Cn2c(C(=O)NCCc3ccccn3)cc3scc(Br)c32)cc1. The zero-order chi connectivity index (χ0) is 19.5. The average molecular weight is 454 g/mol. The van der Waals surface area contributed by atoms with Crippen LogP contribution in [-0.2, 0) is 13.0 Å². The Hall–Kier alpha value is -2.44. The lowest BCUT2D eigenvalue weighted by atomic mass is 10.1. The molecule has 4 rings (SSSR count). The van der Waals surface area contributed by atoms with Crippen LogP contribution in [0, 0.1) is 6.92 Å². The first-order valence-electron chi connectivity index (χ1n) is 9.11. The van der Waals surface area contributed by atoms with Gasteiger partial charge in [-0.1, -0.05) is 35.9 Å². The maximum atomic E-state index is 12.9. The summed E-state index contributed by atoms with van der Waals surface area (Å²) in [6.07, 6.45) is 2.48. The number of nitrogens with zero attached hydrogens (tertiary/aromatic N) is 2. The second-order valence-corrected chi connectivity index (χ2v) is 8.49. The number of benzene rings is 1. The van der Waals surface area contributed by atoms with Crippen molar-refractivity contribution in [3.05, 3.63) is 87.1 Å². The van der Waals surface area contributed by atoms with Crippen molar-refractivity contribution in [2.24, 2.45) is 0 Å². The maximum absolute atomic E-state index is 12.9. The van der Waals surface area contributed by atoms with E-state index in [0.29, 0.717) is 25.2 Å². The van der Waals surface area contributed by atoms with Gasteiger partial charge in [0.1, 0.15) is 5.69 Å². The number of amides is 1. The number of aromatic nitrogens is 2. The normalized spacial score (nSPS) is 11.1. The second kappa shape index (κ2) is 8.29. The van der Waals surface area contributed by atoms with E-state index >= 15 is 0 Å². The largest absolute Gasteiger partial charge is 0.350 e. The summed E-state index contributed by atoms with van der Waals surface area (Å²) < 4.78 is 4.22. The van der Waals surface area contributed by atoms with Gasteiger partial charge in [-0.05, 0) is 46.6 Å². The van der Waals surface area contributed by atoms with Crippen molar-refractivity contribution < 1.29 is 4.79 Å². The lowest BCUT2D eigenvalue weighted by molar-refractivity contribution is 0.0945. The van der Waals surface area contributed by atoms with Crippen LogP contribution in [-0.4, -0.2) is 22.0 Å². The Labute approximate surface area is 176 Å². The molecule has 0 saturated heterocycles. The van der Waals surface area contributed by atoms with Crippen molar-refractivity contribution in [2.45, 2.75) is 19.9 Å². The van der Waals surface area contributed by atoms with Crippen molar-refractivity contribution in [1.82, 2.24) is 14.9 Å². The van der Waals surface area contributed by atoms with E-state index in [9.17, 15) is 4.79 Å². The van der Waals surface area contributed by atoms with Crippen LogP contribution >= 0.6 is 27.3 Å². The highest BCUT2D eigenvalue weighted by atomic mass is 79.9. The van der Waals surface area contributed by atoms with Gasteiger partial charge >= 0.3 is 0 Å². The number of aryl methyl sites for hydroxylation is 1. The molecule has 0 bridgehead atoms. The molecule has 0 spiro atoms. The highest BCUT2D eigenvalue weighted by Gasteiger charge is 2.18. The number of thiophene rings is 1. The number of hydrogen-bond acceptors (Lipinski definition) is 3. The molecule has 0 unspecified atom stereocenters. The lowest BCUT2D eigenvalue weighted by Crippen LogP contribution is -2.28. The van der Waals surface area contributed by atoms with Crippen LogP contribution in [0.25, 0.3) is 10.2 Å². The lowest BCUT2D eigenvalue weighted by Gasteiger charge is -2.12. The third-order valence-electron chi connectivity index (χ3n) is 4.66. The van der Waals surface area contributed by atoms with E-state index < -0.39 is 0 Å². The van der Waals surface area contributed by atoms with Gasteiger partial charge in [0.2, 0.25) is 0 Å². The number of fused-ring (bicyclic) bond motifs is 1. The minimum atomic E-state index is -0.0571. The van der Waals surface area contributed by atoms with Crippen LogP contribution in [0.2, 0.25) is 0 Å². The minimum Gasteiger partial charge on any atom is -0.350 e. The molecule has 0 aliphatic carbocycles. The van der Waals surface area contributed by atoms with Gasteiger partial charge in [0.15, 0.2) is 0 Å². The Bertz CT molecular complexity index is 1100. The van der Waals surface area contributed by atoms with Gasteiger partial charge in [0.25, 0.3) is 5.91 Å². The van der Waals surface area contributed by atoms with Gasteiger partial charge in [0.05, 0.1) is 14.7 Å².